The summed E-state index contributed by atoms with van der Waals surface area (Å²) >= 11 is 3.36. The van der Waals surface area contributed by atoms with Gasteiger partial charge in [0.25, 0.3) is 5.91 Å². The first-order chi connectivity index (χ1) is 9.61. The van der Waals surface area contributed by atoms with Crippen molar-refractivity contribution in [2.24, 2.45) is 0 Å². The number of benzene rings is 1. The monoisotopic (exact) mass is 329 g/mol. The van der Waals surface area contributed by atoms with Crippen molar-refractivity contribution >= 4 is 33.2 Å². The van der Waals surface area contributed by atoms with Crippen LogP contribution in [0.1, 0.15) is 16.1 Å². The summed E-state index contributed by atoms with van der Waals surface area (Å²) in [6.45, 7) is 2.00. The number of carbonyl (C=O) groups is 1. The summed E-state index contributed by atoms with van der Waals surface area (Å²) in [4.78, 5) is 16.5. The van der Waals surface area contributed by atoms with Gasteiger partial charge < -0.3 is 9.72 Å². The van der Waals surface area contributed by atoms with Crippen molar-refractivity contribution in [1.29, 1.82) is 0 Å². The Morgan fingerprint density at radius 1 is 1.25 bits per heavy atom. The lowest BCUT2D eigenvalue weighted by Gasteiger charge is -2.02. The van der Waals surface area contributed by atoms with E-state index in [1.54, 1.807) is 6.20 Å². The summed E-state index contributed by atoms with van der Waals surface area (Å²) in [5.41, 5.74) is 3.03. The number of nitrogens with zero attached hydrogens (tertiary/aromatic N) is 2. The second kappa shape index (κ2) is 5.09. The largest absolute Gasteiger partial charge is 0.321 e. The van der Waals surface area contributed by atoms with E-state index in [1.807, 2.05) is 53.9 Å². The summed E-state index contributed by atoms with van der Waals surface area (Å²) in [6, 6.07) is 11.3. The molecule has 100 valence electrons. The molecule has 0 aliphatic rings. The van der Waals surface area contributed by atoms with Gasteiger partial charge in [0.2, 0.25) is 0 Å². The predicted octanol–water partition coefficient (Wildman–Crippen LogP) is 3.66. The number of amides is 1. The third-order valence-corrected chi connectivity index (χ3v) is 3.48. The Morgan fingerprint density at radius 3 is 2.75 bits per heavy atom. The number of rotatable bonds is 2. The average molecular weight is 330 g/mol. The van der Waals surface area contributed by atoms with E-state index >= 15 is 0 Å². The van der Waals surface area contributed by atoms with E-state index in [0.717, 1.165) is 21.4 Å². The van der Waals surface area contributed by atoms with Gasteiger partial charge in [-0.05, 0) is 48.9 Å². The molecule has 2 heterocycles. The number of anilines is 1. The van der Waals surface area contributed by atoms with Gasteiger partial charge in [-0.2, -0.15) is 0 Å². The highest BCUT2D eigenvalue weighted by molar-refractivity contribution is 9.10. The molecule has 0 saturated carbocycles. The number of hydrogen-bond donors (Lipinski definition) is 1. The van der Waals surface area contributed by atoms with Crippen LogP contribution in [0.2, 0.25) is 0 Å². The van der Waals surface area contributed by atoms with Crippen molar-refractivity contribution in [1.82, 2.24) is 9.38 Å². The summed E-state index contributed by atoms with van der Waals surface area (Å²) in [5.74, 6) is -0.214. The maximum Gasteiger partial charge on any atom is 0.275 e. The van der Waals surface area contributed by atoms with Crippen molar-refractivity contribution < 1.29 is 4.79 Å². The van der Waals surface area contributed by atoms with Gasteiger partial charge >= 0.3 is 0 Å². The van der Waals surface area contributed by atoms with Crippen LogP contribution in [0.15, 0.2) is 53.3 Å². The number of imidazole rings is 1. The smallest absolute Gasteiger partial charge is 0.275 e. The number of fused-ring (bicyclic) bond motifs is 1. The molecule has 3 aromatic rings. The standard InChI is InChI=1S/C15H12BrN3O/c1-10-6-7-19-9-13(18-14(19)8-10)15(20)17-12-4-2-11(16)3-5-12/h2-9H,1H3,(H,17,20). The molecule has 3 rings (SSSR count). The number of carbonyl (C=O) groups excluding carboxylic acids is 1. The zero-order valence-corrected chi connectivity index (χ0v) is 12.4. The molecule has 0 aliphatic carbocycles. The summed E-state index contributed by atoms with van der Waals surface area (Å²) in [6.07, 6.45) is 3.62. The lowest BCUT2D eigenvalue weighted by Crippen LogP contribution is -2.12. The van der Waals surface area contributed by atoms with E-state index in [1.165, 1.54) is 0 Å². The fourth-order valence-corrected chi connectivity index (χ4v) is 2.19. The summed E-state index contributed by atoms with van der Waals surface area (Å²) in [5, 5.41) is 2.83. The number of aromatic nitrogens is 2. The molecule has 5 heteroatoms. The quantitative estimate of drug-likeness (QED) is 0.779. The minimum Gasteiger partial charge on any atom is -0.321 e. The first-order valence-electron chi connectivity index (χ1n) is 6.14. The SMILES string of the molecule is Cc1ccn2cc(C(=O)Nc3ccc(Br)cc3)nc2c1. The highest BCUT2D eigenvalue weighted by atomic mass is 79.9. The number of aryl methyl sites for hydroxylation is 1. The molecule has 0 atom stereocenters. The van der Waals surface area contributed by atoms with Gasteiger partial charge in [-0.3, -0.25) is 4.79 Å². The first-order valence-corrected chi connectivity index (χ1v) is 6.93. The molecule has 0 fully saturated rings. The van der Waals surface area contributed by atoms with Gasteiger partial charge in [-0.25, -0.2) is 4.98 Å². The van der Waals surface area contributed by atoms with Crippen LogP contribution in [0.3, 0.4) is 0 Å². The fraction of sp³-hybridized carbons (Fsp3) is 0.0667. The number of halogens is 1. The van der Waals surface area contributed by atoms with Crippen molar-refractivity contribution in [2.75, 3.05) is 5.32 Å². The average Bonchev–Trinajstić information content (AvgIpc) is 2.84. The Hall–Kier alpha value is -2.14. The molecule has 0 bridgehead atoms. The zero-order valence-electron chi connectivity index (χ0n) is 10.8. The van der Waals surface area contributed by atoms with Gasteiger partial charge in [0.15, 0.2) is 0 Å². The maximum absolute atomic E-state index is 12.2. The zero-order chi connectivity index (χ0) is 14.1. The maximum atomic E-state index is 12.2. The molecule has 0 unspecified atom stereocenters. The fourth-order valence-electron chi connectivity index (χ4n) is 1.92. The van der Waals surface area contributed by atoms with Crippen LogP contribution in [-0.2, 0) is 0 Å². The van der Waals surface area contributed by atoms with E-state index in [-0.39, 0.29) is 5.91 Å². The van der Waals surface area contributed by atoms with Crippen LogP contribution in [0.25, 0.3) is 5.65 Å². The first kappa shape index (κ1) is 12.9. The topological polar surface area (TPSA) is 46.4 Å². The van der Waals surface area contributed by atoms with Crippen molar-refractivity contribution in [3.63, 3.8) is 0 Å². The molecular formula is C15H12BrN3O. The molecule has 4 nitrogen and oxygen atoms in total. The second-order valence-corrected chi connectivity index (χ2v) is 5.47. The molecule has 0 saturated heterocycles. The predicted molar refractivity (Wildman–Crippen MR) is 82.0 cm³/mol. The Balaban J connectivity index is 1.86. The van der Waals surface area contributed by atoms with E-state index < -0.39 is 0 Å². The van der Waals surface area contributed by atoms with Gasteiger partial charge in [0.05, 0.1) is 0 Å². The normalized spacial score (nSPS) is 10.7. The lowest BCUT2D eigenvalue weighted by molar-refractivity contribution is 0.102. The summed E-state index contributed by atoms with van der Waals surface area (Å²) in [7, 11) is 0. The third kappa shape index (κ3) is 2.58. The molecule has 0 spiro atoms. The van der Waals surface area contributed by atoms with Gasteiger partial charge in [0.1, 0.15) is 11.3 Å². The van der Waals surface area contributed by atoms with E-state index in [2.05, 4.69) is 26.2 Å². The van der Waals surface area contributed by atoms with E-state index in [0.29, 0.717) is 5.69 Å². The summed E-state index contributed by atoms with van der Waals surface area (Å²) < 4.78 is 2.81. The van der Waals surface area contributed by atoms with Gasteiger partial charge in [0, 0.05) is 22.6 Å². The second-order valence-electron chi connectivity index (χ2n) is 4.56. The minimum atomic E-state index is -0.214. The number of hydrogen-bond acceptors (Lipinski definition) is 2. The van der Waals surface area contributed by atoms with Crippen LogP contribution in [0.5, 0.6) is 0 Å². The van der Waals surface area contributed by atoms with Crippen LogP contribution in [-0.4, -0.2) is 15.3 Å². The third-order valence-electron chi connectivity index (χ3n) is 2.95. The molecule has 1 amide bonds. The Labute approximate surface area is 124 Å². The molecular weight excluding hydrogens is 318 g/mol. The Bertz CT molecular complexity index is 777. The Morgan fingerprint density at radius 2 is 2.00 bits per heavy atom. The highest BCUT2D eigenvalue weighted by Gasteiger charge is 2.10. The van der Waals surface area contributed by atoms with Crippen LogP contribution in [0.4, 0.5) is 5.69 Å². The van der Waals surface area contributed by atoms with Gasteiger partial charge in [-0.15, -0.1) is 0 Å². The highest BCUT2D eigenvalue weighted by Crippen LogP contribution is 2.15. The molecule has 1 aromatic carbocycles. The number of nitrogens with one attached hydrogen (secondary N) is 1. The number of pyridine rings is 1. The van der Waals surface area contributed by atoms with Crippen molar-refractivity contribution in [3.05, 3.63) is 64.5 Å². The van der Waals surface area contributed by atoms with Crippen LogP contribution >= 0.6 is 15.9 Å². The van der Waals surface area contributed by atoms with Gasteiger partial charge in [-0.1, -0.05) is 15.9 Å². The van der Waals surface area contributed by atoms with E-state index in [9.17, 15) is 4.79 Å². The molecule has 2 aromatic heterocycles. The van der Waals surface area contributed by atoms with Crippen LogP contribution < -0.4 is 5.32 Å². The Kier molecular flexibility index (Phi) is 3.28. The van der Waals surface area contributed by atoms with Crippen LogP contribution in [0, 0.1) is 6.92 Å². The van der Waals surface area contributed by atoms with Crippen molar-refractivity contribution in [2.45, 2.75) is 6.92 Å². The van der Waals surface area contributed by atoms with Crippen molar-refractivity contribution in [3.8, 4) is 0 Å². The minimum absolute atomic E-state index is 0.214. The molecule has 1 N–H and O–H groups in total. The van der Waals surface area contributed by atoms with E-state index in [4.69, 9.17) is 0 Å². The molecule has 0 aliphatic heterocycles. The molecule has 0 radical (unpaired) electrons. The molecule has 20 heavy (non-hydrogen) atoms. The lowest BCUT2D eigenvalue weighted by atomic mass is 10.3.